The van der Waals surface area contributed by atoms with Crippen molar-refractivity contribution in [2.24, 2.45) is 0 Å². The molecule has 0 amide bonds. The summed E-state index contributed by atoms with van der Waals surface area (Å²) in [6.45, 7) is 0. The highest BCUT2D eigenvalue weighted by Crippen LogP contribution is 2.44. The highest BCUT2D eigenvalue weighted by molar-refractivity contribution is 7.26. The van der Waals surface area contributed by atoms with Crippen LogP contribution in [0.3, 0.4) is 0 Å². The standard InChI is InChI=1S/C35H19N3OS/c1-2-10-20(11-3-1)31-30-25-14-5-8-16-27(25)39-35(30)38-34(37-31)32-29-23(21-12-4-7-15-26(21)36-32)18-19-24-22-13-6-9-17-28(22)40-33(24)29/h1-19H. The summed E-state index contributed by atoms with van der Waals surface area (Å²) in [4.78, 5) is 15.5. The fraction of sp³-hybridized carbons (Fsp3) is 0. The van der Waals surface area contributed by atoms with Crippen LogP contribution in [0.2, 0.25) is 0 Å². The molecule has 0 aliphatic heterocycles. The molecule has 0 saturated carbocycles. The van der Waals surface area contributed by atoms with Gasteiger partial charge in [-0.3, -0.25) is 0 Å². The van der Waals surface area contributed by atoms with Crippen molar-refractivity contribution in [1.82, 2.24) is 15.0 Å². The average Bonchev–Trinajstić information content (AvgIpc) is 3.59. The third kappa shape index (κ3) is 3.04. The molecule has 4 nitrogen and oxygen atoms in total. The average molecular weight is 530 g/mol. The van der Waals surface area contributed by atoms with Crippen LogP contribution in [0.5, 0.6) is 0 Å². The molecule has 5 heteroatoms. The molecule has 0 saturated heterocycles. The predicted octanol–water partition coefficient (Wildman–Crippen LogP) is 9.78. The van der Waals surface area contributed by atoms with Crippen LogP contribution in [0.15, 0.2) is 120 Å². The highest BCUT2D eigenvalue weighted by Gasteiger charge is 2.22. The first-order chi connectivity index (χ1) is 19.8. The van der Waals surface area contributed by atoms with Gasteiger partial charge in [0.2, 0.25) is 5.71 Å². The van der Waals surface area contributed by atoms with E-state index in [1.165, 1.54) is 20.2 Å². The van der Waals surface area contributed by atoms with Crippen molar-refractivity contribution in [2.45, 2.75) is 0 Å². The predicted molar refractivity (Wildman–Crippen MR) is 166 cm³/mol. The van der Waals surface area contributed by atoms with Crippen LogP contribution in [0.25, 0.3) is 86.7 Å². The number of rotatable bonds is 2. The number of fused-ring (bicyclic) bond motifs is 10. The largest absolute Gasteiger partial charge is 0.438 e. The maximum atomic E-state index is 6.34. The van der Waals surface area contributed by atoms with Crippen LogP contribution in [-0.2, 0) is 0 Å². The molecule has 0 aliphatic rings. The number of para-hydroxylation sites is 2. The van der Waals surface area contributed by atoms with Gasteiger partial charge in [0.15, 0.2) is 5.82 Å². The lowest BCUT2D eigenvalue weighted by atomic mass is 10.0. The summed E-state index contributed by atoms with van der Waals surface area (Å²) >= 11 is 1.80. The Morgan fingerprint density at radius 1 is 0.500 bits per heavy atom. The maximum Gasteiger partial charge on any atom is 0.231 e. The Balaban J connectivity index is 1.47. The van der Waals surface area contributed by atoms with E-state index < -0.39 is 0 Å². The van der Waals surface area contributed by atoms with Crippen LogP contribution in [0, 0.1) is 0 Å². The van der Waals surface area contributed by atoms with E-state index in [9.17, 15) is 0 Å². The van der Waals surface area contributed by atoms with Gasteiger partial charge in [-0.05, 0) is 23.6 Å². The molecule has 9 aromatic rings. The topological polar surface area (TPSA) is 51.8 Å². The number of furan rings is 1. The van der Waals surface area contributed by atoms with Gasteiger partial charge >= 0.3 is 0 Å². The lowest BCUT2D eigenvalue weighted by Crippen LogP contribution is -1.97. The zero-order valence-electron chi connectivity index (χ0n) is 21.1. The van der Waals surface area contributed by atoms with E-state index in [1.807, 2.05) is 42.5 Å². The van der Waals surface area contributed by atoms with Gasteiger partial charge < -0.3 is 4.42 Å². The van der Waals surface area contributed by atoms with Crippen molar-refractivity contribution in [3.63, 3.8) is 0 Å². The van der Waals surface area contributed by atoms with Crippen molar-refractivity contribution in [3.8, 4) is 22.8 Å². The molecule has 0 fully saturated rings. The second-order valence-corrected chi connectivity index (χ2v) is 11.0. The summed E-state index contributed by atoms with van der Waals surface area (Å²) in [6, 6.07) is 39.7. The third-order valence-corrected chi connectivity index (χ3v) is 8.91. The van der Waals surface area contributed by atoms with Gasteiger partial charge in [-0.1, -0.05) is 97.1 Å². The fourth-order valence-electron chi connectivity index (χ4n) is 5.92. The Bertz CT molecular complexity index is 2440. The van der Waals surface area contributed by atoms with Crippen LogP contribution in [-0.4, -0.2) is 15.0 Å². The number of nitrogens with zero attached hydrogens (tertiary/aromatic N) is 3. The van der Waals surface area contributed by atoms with Crippen LogP contribution >= 0.6 is 11.3 Å². The number of hydrogen-bond acceptors (Lipinski definition) is 5. The molecule has 0 atom stereocenters. The van der Waals surface area contributed by atoms with Gasteiger partial charge in [0, 0.05) is 41.9 Å². The summed E-state index contributed by atoms with van der Waals surface area (Å²) in [7, 11) is 0. The summed E-state index contributed by atoms with van der Waals surface area (Å²) in [5.74, 6) is 0.561. The zero-order chi connectivity index (χ0) is 26.2. The van der Waals surface area contributed by atoms with E-state index in [2.05, 4.69) is 72.8 Å². The molecule has 0 radical (unpaired) electrons. The number of hydrogen-bond donors (Lipinski definition) is 0. The minimum atomic E-state index is 0.561. The van der Waals surface area contributed by atoms with Crippen molar-refractivity contribution in [1.29, 1.82) is 0 Å². The van der Waals surface area contributed by atoms with E-state index in [0.29, 0.717) is 11.5 Å². The lowest BCUT2D eigenvalue weighted by molar-refractivity contribution is 0.653. The molecule has 186 valence electrons. The lowest BCUT2D eigenvalue weighted by Gasteiger charge is -2.11. The molecular formula is C35H19N3OS. The van der Waals surface area contributed by atoms with Crippen molar-refractivity contribution < 1.29 is 4.42 Å². The maximum absolute atomic E-state index is 6.34. The Hall–Kier alpha value is -5.13. The molecule has 0 unspecified atom stereocenters. The Kier molecular flexibility index (Phi) is 4.45. The molecule has 4 aromatic heterocycles. The van der Waals surface area contributed by atoms with E-state index >= 15 is 0 Å². The minimum Gasteiger partial charge on any atom is -0.438 e. The monoisotopic (exact) mass is 529 g/mol. The first-order valence-corrected chi connectivity index (χ1v) is 14.0. The third-order valence-electron chi connectivity index (χ3n) is 7.71. The Morgan fingerprint density at radius 2 is 1.23 bits per heavy atom. The van der Waals surface area contributed by atoms with E-state index in [1.54, 1.807) is 11.3 Å². The molecule has 4 heterocycles. The van der Waals surface area contributed by atoms with Gasteiger partial charge in [0.05, 0.1) is 16.6 Å². The van der Waals surface area contributed by atoms with Gasteiger partial charge in [0.1, 0.15) is 11.3 Å². The molecule has 5 aromatic carbocycles. The van der Waals surface area contributed by atoms with Gasteiger partial charge in [-0.25, -0.2) is 9.97 Å². The molecule has 9 rings (SSSR count). The summed E-state index contributed by atoms with van der Waals surface area (Å²) < 4.78 is 8.78. The summed E-state index contributed by atoms with van der Waals surface area (Å²) in [5, 5.41) is 7.74. The number of aromatic nitrogens is 3. The van der Waals surface area contributed by atoms with Crippen molar-refractivity contribution in [2.75, 3.05) is 0 Å². The van der Waals surface area contributed by atoms with Crippen LogP contribution in [0.4, 0.5) is 0 Å². The molecular weight excluding hydrogens is 510 g/mol. The fourth-order valence-corrected chi connectivity index (χ4v) is 7.17. The molecule has 0 aliphatic carbocycles. The van der Waals surface area contributed by atoms with Crippen LogP contribution in [0.1, 0.15) is 0 Å². The van der Waals surface area contributed by atoms with Crippen molar-refractivity contribution in [3.05, 3.63) is 115 Å². The Labute approximate surface area is 232 Å². The quantitative estimate of drug-likeness (QED) is 0.209. The van der Waals surface area contributed by atoms with Crippen molar-refractivity contribution >= 4 is 75.3 Å². The molecule has 0 spiro atoms. The van der Waals surface area contributed by atoms with E-state index in [4.69, 9.17) is 19.4 Å². The zero-order valence-corrected chi connectivity index (χ0v) is 21.9. The SMILES string of the molecule is c1ccc(-c2nc(-c3nc4ccccc4c4ccc5c6ccccc6sc5c34)nc3oc4ccccc4c23)cc1. The first kappa shape index (κ1) is 21.8. The highest BCUT2D eigenvalue weighted by atomic mass is 32.1. The second kappa shape index (κ2) is 8.18. The summed E-state index contributed by atoms with van der Waals surface area (Å²) in [5.41, 5.74) is 4.91. The second-order valence-electron chi connectivity index (χ2n) is 9.98. The van der Waals surface area contributed by atoms with Crippen LogP contribution < -0.4 is 0 Å². The molecule has 40 heavy (non-hydrogen) atoms. The van der Waals surface area contributed by atoms with E-state index in [-0.39, 0.29) is 0 Å². The molecule has 0 N–H and O–H groups in total. The number of thiophene rings is 1. The van der Waals surface area contributed by atoms with Gasteiger partial charge in [-0.15, -0.1) is 11.3 Å². The normalized spacial score (nSPS) is 12.0. The van der Waals surface area contributed by atoms with Gasteiger partial charge in [-0.2, -0.15) is 4.98 Å². The van der Waals surface area contributed by atoms with E-state index in [0.717, 1.165) is 55.0 Å². The Morgan fingerprint density at radius 3 is 2.12 bits per heavy atom. The number of pyridine rings is 1. The molecule has 0 bridgehead atoms. The number of benzene rings is 5. The smallest absolute Gasteiger partial charge is 0.231 e. The minimum absolute atomic E-state index is 0.561. The van der Waals surface area contributed by atoms with Gasteiger partial charge in [0.25, 0.3) is 0 Å². The summed E-state index contributed by atoms with van der Waals surface area (Å²) in [6.07, 6.45) is 0. The first-order valence-electron chi connectivity index (χ1n) is 13.2.